The van der Waals surface area contributed by atoms with Gasteiger partial charge in [0.1, 0.15) is 30.5 Å². The molecule has 41 heavy (non-hydrogen) atoms. The van der Waals surface area contributed by atoms with E-state index in [2.05, 4.69) is 23.3 Å². The van der Waals surface area contributed by atoms with Gasteiger partial charge in [-0.05, 0) is 32.1 Å². The smallest absolute Gasteiger partial charge is 0.397 e. The molecule has 1 aliphatic heterocycles. The summed E-state index contributed by atoms with van der Waals surface area (Å²) < 4.78 is 57.8. The van der Waals surface area contributed by atoms with E-state index in [1.165, 1.54) is 38.5 Å². The molecule has 12 nitrogen and oxygen atoms in total. The van der Waals surface area contributed by atoms with Crippen LogP contribution in [0.3, 0.4) is 0 Å². The second-order valence-corrected chi connectivity index (χ2v) is 11.4. The monoisotopic (exact) mass is 612 g/mol. The Bertz CT molecular complexity index is 806. The first-order valence-electron chi connectivity index (χ1n) is 14.9. The van der Waals surface area contributed by atoms with Crippen LogP contribution in [0.2, 0.25) is 0 Å². The topological polar surface area (TPSA) is 178 Å². The number of allylic oxidation sites excluding steroid dienone is 2. The Morgan fingerprint density at radius 3 is 2.17 bits per heavy atom. The highest BCUT2D eigenvalue weighted by Crippen LogP contribution is 2.25. The van der Waals surface area contributed by atoms with Crippen LogP contribution in [0.15, 0.2) is 12.2 Å². The summed E-state index contributed by atoms with van der Waals surface area (Å²) >= 11 is 0. The van der Waals surface area contributed by atoms with Crippen LogP contribution in [0.1, 0.15) is 97.3 Å². The van der Waals surface area contributed by atoms with Crippen LogP contribution in [-0.2, 0) is 38.3 Å². The minimum Gasteiger partial charge on any atom is -0.457 e. The van der Waals surface area contributed by atoms with Crippen LogP contribution in [0.25, 0.3) is 0 Å². The standard InChI is InChI=1S/C28H52O12S/c1-3-5-7-8-9-10-11-12-13-14-15-16-18-36-20-22(38-24(30)17-6-4-2)21-37-28-26(32)27(40-41(33,34)35)25(31)23(19-29)39-28/h8-9,22-23,25-29,31-32H,3-7,10-21H2,1-2H3,(H,33,34,35)/b9-8-. The Balaban J connectivity index is 2.48. The zero-order valence-electron chi connectivity index (χ0n) is 24.6. The molecule has 4 N–H and O–H groups in total. The van der Waals surface area contributed by atoms with Crippen LogP contribution in [0, 0.1) is 0 Å². The number of aliphatic hydroxyl groups is 3. The first kappa shape index (κ1) is 37.9. The number of hydrogen-bond acceptors (Lipinski definition) is 11. The number of aliphatic hydroxyl groups excluding tert-OH is 3. The van der Waals surface area contributed by atoms with E-state index in [-0.39, 0.29) is 19.6 Å². The summed E-state index contributed by atoms with van der Waals surface area (Å²) in [6.45, 7) is 3.62. The molecule has 242 valence electrons. The summed E-state index contributed by atoms with van der Waals surface area (Å²) in [5.74, 6) is -0.439. The maximum Gasteiger partial charge on any atom is 0.397 e. The van der Waals surface area contributed by atoms with Gasteiger partial charge in [0.15, 0.2) is 6.29 Å². The maximum atomic E-state index is 12.2. The van der Waals surface area contributed by atoms with Crippen molar-refractivity contribution in [1.29, 1.82) is 0 Å². The molecule has 1 rings (SSSR count). The summed E-state index contributed by atoms with van der Waals surface area (Å²) in [7, 11) is -5.04. The molecular weight excluding hydrogens is 560 g/mol. The minimum atomic E-state index is -5.04. The Labute approximate surface area is 245 Å². The van der Waals surface area contributed by atoms with E-state index in [0.29, 0.717) is 13.0 Å². The normalized spacial score (nSPS) is 24.1. The number of esters is 1. The van der Waals surface area contributed by atoms with Crippen molar-refractivity contribution in [2.75, 3.05) is 26.4 Å². The highest BCUT2D eigenvalue weighted by Gasteiger charge is 2.48. The number of unbranched alkanes of at least 4 members (excludes halogenated alkanes) is 9. The van der Waals surface area contributed by atoms with E-state index in [1.807, 2.05) is 6.92 Å². The van der Waals surface area contributed by atoms with E-state index in [9.17, 15) is 28.5 Å². The van der Waals surface area contributed by atoms with Gasteiger partial charge in [0.25, 0.3) is 0 Å². The third-order valence-electron chi connectivity index (χ3n) is 6.64. The molecular formula is C28H52O12S. The van der Waals surface area contributed by atoms with E-state index >= 15 is 0 Å². The van der Waals surface area contributed by atoms with Gasteiger partial charge in [-0.3, -0.25) is 9.35 Å². The van der Waals surface area contributed by atoms with Gasteiger partial charge in [0, 0.05) is 13.0 Å². The molecule has 0 aromatic rings. The summed E-state index contributed by atoms with van der Waals surface area (Å²) in [6, 6.07) is 0. The molecule has 0 amide bonds. The van der Waals surface area contributed by atoms with Gasteiger partial charge in [-0.15, -0.1) is 0 Å². The molecule has 0 bridgehead atoms. The van der Waals surface area contributed by atoms with Gasteiger partial charge in [0.2, 0.25) is 0 Å². The molecule has 1 fully saturated rings. The Morgan fingerprint density at radius 2 is 1.54 bits per heavy atom. The number of hydrogen-bond donors (Lipinski definition) is 4. The Morgan fingerprint density at radius 1 is 0.902 bits per heavy atom. The second kappa shape index (κ2) is 22.4. The van der Waals surface area contributed by atoms with Gasteiger partial charge < -0.3 is 34.3 Å². The van der Waals surface area contributed by atoms with Crippen LogP contribution >= 0.6 is 0 Å². The molecule has 0 aromatic carbocycles. The average Bonchev–Trinajstić information content (AvgIpc) is 2.93. The minimum absolute atomic E-state index is 0.0298. The average molecular weight is 613 g/mol. The quantitative estimate of drug-likeness (QED) is 0.0542. The SMILES string of the molecule is CCCC/C=C\CCCCCCCCOCC(COC1OC(CO)C(O)C(OS(=O)(=O)O)C1O)OC(=O)CCCC. The summed E-state index contributed by atoms with van der Waals surface area (Å²) in [5, 5.41) is 30.1. The first-order valence-corrected chi connectivity index (χ1v) is 16.3. The molecule has 13 heteroatoms. The lowest BCUT2D eigenvalue weighted by Gasteiger charge is -2.41. The van der Waals surface area contributed by atoms with Crippen molar-refractivity contribution >= 4 is 16.4 Å². The van der Waals surface area contributed by atoms with E-state index in [4.69, 9.17) is 23.5 Å². The van der Waals surface area contributed by atoms with Crippen molar-refractivity contribution in [1.82, 2.24) is 0 Å². The van der Waals surface area contributed by atoms with Crippen molar-refractivity contribution in [3.63, 3.8) is 0 Å². The summed E-state index contributed by atoms with van der Waals surface area (Å²) in [4.78, 5) is 12.2. The van der Waals surface area contributed by atoms with E-state index in [1.54, 1.807) is 0 Å². The lowest BCUT2D eigenvalue weighted by molar-refractivity contribution is -0.301. The second-order valence-electron chi connectivity index (χ2n) is 10.3. The molecule has 0 radical (unpaired) electrons. The summed E-state index contributed by atoms with van der Waals surface area (Å²) in [6.07, 6.45) is 8.32. The summed E-state index contributed by atoms with van der Waals surface area (Å²) in [5.41, 5.74) is 0. The number of rotatable bonds is 24. The molecule has 1 saturated heterocycles. The zero-order chi connectivity index (χ0) is 30.5. The van der Waals surface area contributed by atoms with Crippen LogP contribution < -0.4 is 0 Å². The van der Waals surface area contributed by atoms with Gasteiger partial charge in [-0.2, -0.15) is 8.42 Å². The van der Waals surface area contributed by atoms with Crippen LogP contribution in [0.4, 0.5) is 0 Å². The molecule has 0 aromatic heterocycles. The van der Waals surface area contributed by atoms with Gasteiger partial charge in [-0.25, -0.2) is 4.18 Å². The number of ether oxygens (including phenoxy) is 4. The predicted octanol–water partition coefficient (Wildman–Crippen LogP) is 3.23. The molecule has 0 aliphatic carbocycles. The lowest BCUT2D eigenvalue weighted by Crippen LogP contribution is -2.60. The van der Waals surface area contributed by atoms with Crippen molar-refractivity contribution in [3.05, 3.63) is 12.2 Å². The Kier molecular flexibility index (Phi) is 20.7. The fourth-order valence-electron chi connectivity index (χ4n) is 4.28. The van der Waals surface area contributed by atoms with Crippen molar-refractivity contribution in [2.45, 2.75) is 134 Å². The third-order valence-corrected chi connectivity index (χ3v) is 7.10. The van der Waals surface area contributed by atoms with E-state index < -0.39 is 59.8 Å². The first-order chi connectivity index (χ1) is 19.6. The fraction of sp³-hybridized carbons (Fsp3) is 0.893. The van der Waals surface area contributed by atoms with Gasteiger partial charge in [-0.1, -0.05) is 70.9 Å². The van der Waals surface area contributed by atoms with Crippen LogP contribution in [0.5, 0.6) is 0 Å². The highest BCUT2D eigenvalue weighted by atomic mass is 32.3. The number of carbonyl (C=O) groups is 1. The molecule has 1 aliphatic rings. The molecule has 6 atom stereocenters. The highest BCUT2D eigenvalue weighted by molar-refractivity contribution is 7.80. The van der Waals surface area contributed by atoms with Crippen molar-refractivity contribution in [2.24, 2.45) is 0 Å². The third kappa shape index (κ3) is 17.5. The molecule has 6 unspecified atom stereocenters. The predicted molar refractivity (Wildman–Crippen MR) is 151 cm³/mol. The van der Waals surface area contributed by atoms with E-state index in [0.717, 1.165) is 32.1 Å². The molecule has 0 saturated carbocycles. The molecule has 1 heterocycles. The number of carbonyl (C=O) groups excluding carboxylic acids is 1. The van der Waals surface area contributed by atoms with Gasteiger partial charge >= 0.3 is 16.4 Å². The largest absolute Gasteiger partial charge is 0.457 e. The molecule has 0 spiro atoms. The van der Waals surface area contributed by atoms with Gasteiger partial charge in [0.05, 0.1) is 19.8 Å². The fourth-order valence-corrected chi connectivity index (χ4v) is 4.78. The van der Waals surface area contributed by atoms with Crippen LogP contribution in [-0.4, -0.2) is 97.5 Å². The lowest BCUT2D eigenvalue weighted by atomic mass is 9.99. The van der Waals surface area contributed by atoms with Crippen molar-refractivity contribution in [3.8, 4) is 0 Å². The zero-order valence-corrected chi connectivity index (χ0v) is 25.4. The Hall–Kier alpha value is -1.16. The van der Waals surface area contributed by atoms with Crippen molar-refractivity contribution < 1.29 is 56.2 Å². The maximum absolute atomic E-state index is 12.2.